The molecular weight excluding hydrogens is 420 g/mol. The molecule has 0 spiro atoms. The van der Waals surface area contributed by atoms with Crippen molar-refractivity contribution in [3.63, 3.8) is 0 Å². The Bertz CT molecular complexity index is 1170. The van der Waals surface area contributed by atoms with Gasteiger partial charge in [-0.3, -0.25) is 14.6 Å². The quantitative estimate of drug-likeness (QED) is 0.634. The summed E-state index contributed by atoms with van der Waals surface area (Å²) in [5, 5.41) is 4.90. The fourth-order valence-electron chi connectivity index (χ4n) is 4.69. The molecule has 0 aromatic carbocycles. The number of rotatable bonds is 5. The van der Waals surface area contributed by atoms with E-state index >= 15 is 0 Å². The molecule has 0 saturated carbocycles. The third-order valence-corrected chi connectivity index (χ3v) is 6.66. The van der Waals surface area contributed by atoms with Crippen molar-refractivity contribution in [2.24, 2.45) is 0 Å². The molecule has 0 bridgehead atoms. The Morgan fingerprint density at radius 1 is 1.15 bits per heavy atom. The molecule has 5 heterocycles. The fraction of sp³-hybridized carbons (Fsp3) is 0.542. The summed E-state index contributed by atoms with van der Waals surface area (Å²) in [5.74, 6) is 1.40. The first kappa shape index (κ1) is 22.1. The van der Waals surface area contributed by atoms with Gasteiger partial charge in [-0.25, -0.2) is 9.67 Å². The summed E-state index contributed by atoms with van der Waals surface area (Å²) in [5.41, 5.74) is 4.33. The fourth-order valence-corrected chi connectivity index (χ4v) is 4.69. The second-order valence-corrected chi connectivity index (χ2v) is 9.21. The lowest BCUT2D eigenvalue weighted by molar-refractivity contribution is 0.0992. The summed E-state index contributed by atoms with van der Waals surface area (Å²) in [4.78, 5) is 24.2. The Morgan fingerprint density at radius 2 is 1.94 bits per heavy atom. The minimum absolute atomic E-state index is 0.0906. The molecule has 1 saturated heterocycles. The summed E-state index contributed by atoms with van der Waals surface area (Å²) in [6.45, 7) is 12.6. The van der Waals surface area contributed by atoms with Crippen LogP contribution in [0.4, 0.5) is 0 Å². The molecule has 1 N–H and O–H groups in total. The lowest BCUT2D eigenvalue weighted by Gasteiger charge is -2.36. The van der Waals surface area contributed by atoms with E-state index in [1.165, 1.54) is 0 Å². The molecule has 0 aliphatic carbocycles. The van der Waals surface area contributed by atoms with E-state index in [1.54, 1.807) is 13.1 Å². The average molecular weight is 453 g/mol. The van der Waals surface area contributed by atoms with Crippen molar-refractivity contribution in [2.45, 2.75) is 46.2 Å². The highest BCUT2D eigenvalue weighted by Crippen LogP contribution is 2.30. The minimum atomic E-state index is -0.0906. The van der Waals surface area contributed by atoms with Crippen LogP contribution >= 0.6 is 0 Å². The number of nitrogens with one attached hydrogen (secondary N) is 1. The van der Waals surface area contributed by atoms with Crippen LogP contribution in [0.1, 0.15) is 36.4 Å². The number of aryl methyl sites for hydroxylation is 1. The smallest absolute Gasteiger partial charge is 0.250 e. The normalized spacial score (nSPS) is 17.9. The summed E-state index contributed by atoms with van der Waals surface area (Å²) in [7, 11) is 0. The molecule has 2 aliphatic heterocycles. The summed E-state index contributed by atoms with van der Waals surface area (Å²) < 4.78 is 13.8. The maximum Gasteiger partial charge on any atom is 0.250 e. The van der Waals surface area contributed by atoms with Crippen molar-refractivity contribution < 1.29 is 9.15 Å². The number of oxazole rings is 1. The maximum absolute atomic E-state index is 11.9. The van der Waals surface area contributed by atoms with E-state index in [2.05, 4.69) is 33.6 Å². The monoisotopic (exact) mass is 452 g/mol. The van der Waals surface area contributed by atoms with Gasteiger partial charge in [-0.15, -0.1) is 0 Å². The lowest BCUT2D eigenvalue weighted by atomic mass is 10.1. The number of hydrogen-bond acceptors (Lipinski definition) is 7. The van der Waals surface area contributed by atoms with E-state index in [1.807, 2.05) is 16.9 Å². The first-order valence-corrected chi connectivity index (χ1v) is 11.8. The van der Waals surface area contributed by atoms with E-state index in [4.69, 9.17) is 14.3 Å². The van der Waals surface area contributed by atoms with Crippen LogP contribution in [0.25, 0.3) is 17.3 Å². The van der Waals surface area contributed by atoms with Crippen LogP contribution in [-0.4, -0.2) is 75.0 Å². The zero-order chi connectivity index (χ0) is 22.9. The molecule has 2 aliphatic rings. The first-order chi connectivity index (χ1) is 16.0. The Kier molecular flexibility index (Phi) is 6.18. The van der Waals surface area contributed by atoms with Crippen LogP contribution in [0.3, 0.4) is 0 Å². The molecule has 0 atom stereocenters. The number of hydrogen-bond donors (Lipinski definition) is 1. The number of aromatic amines is 1. The largest absolute Gasteiger partial charge is 0.438 e. The van der Waals surface area contributed by atoms with Gasteiger partial charge >= 0.3 is 0 Å². The zero-order valence-corrected chi connectivity index (χ0v) is 19.6. The van der Waals surface area contributed by atoms with Crippen LogP contribution in [0, 0.1) is 6.92 Å². The number of ether oxygens (including phenoxy) is 1. The Morgan fingerprint density at radius 3 is 2.70 bits per heavy atom. The summed E-state index contributed by atoms with van der Waals surface area (Å²) in [6.07, 6.45) is 5.03. The van der Waals surface area contributed by atoms with Gasteiger partial charge < -0.3 is 14.1 Å². The molecule has 0 radical (unpaired) electrons. The Balaban J connectivity index is 1.42. The van der Waals surface area contributed by atoms with Gasteiger partial charge in [0.1, 0.15) is 5.76 Å². The highest BCUT2D eigenvalue weighted by atomic mass is 16.5. The molecule has 0 amide bonds. The van der Waals surface area contributed by atoms with Gasteiger partial charge in [0.15, 0.2) is 5.69 Å². The van der Waals surface area contributed by atoms with Crippen molar-refractivity contribution in [1.29, 1.82) is 0 Å². The lowest BCUT2D eigenvalue weighted by Crippen LogP contribution is -2.48. The molecular formula is C24H32N6O3. The SMILES string of the molecule is Cc1cc(-n2nc(-c3ncc(CN4CCN(C(C)C)CC4)o3)c3c2CCOCC3)c[nH]c1=O. The van der Waals surface area contributed by atoms with Gasteiger partial charge in [0.25, 0.3) is 5.56 Å². The molecule has 3 aromatic heterocycles. The maximum atomic E-state index is 11.9. The van der Waals surface area contributed by atoms with E-state index in [0.717, 1.165) is 74.0 Å². The van der Waals surface area contributed by atoms with E-state index in [9.17, 15) is 4.79 Å². The molecule has 9 heteroatoms. The van der Waals surface area contributed by atoms with Gasteiger partial charge in [-0.05, 0) is 33.3 Å². The number of nitrogens with zero attached hydrogens (tertiary/aromatic N) is 5. The van der Waals surface area contributed by atoms with Crippen LogP contribution in [0.2, 0.25) is 0 Å². The third kappa shape index (κ3) is 4.53. The van der Waals surface area contributed by atoms with Crippen molar-refractivity contribution in [1.82, 2.24) is 29.5 Å². The van der Waals surface area contributed by atoms with Gasteiger partial charge in [-0.2, -0.15) is 5.10 Å². The summed E-state index contributed by atoms with van der Waals surface area (Å²) >= 11 is 0. The van der Waals surface area contributed by atoms with Crippen molar-refractivity contribution in [3.8, 4) is 17.3 Å². The third-order valence-electron chi connectivity index (χ3n) is 6.66. The van der Waals surface area contributed by atoms with Gasteiger partial charge in [-0.1, -0.05) is 0 Å². The van der Waals surface area contributed by atoms with Gasteiger partial charge in [0.2, 0.25) is 5.89 Å². The first-order valence-electron chi connectivity index (χ1n) is 11.8. The Labute approximate surface area is 193 Å². The zero-order valence-electron chi connectivity index (χ0n) is 19.6. The molecule has 9 nitrogen and oxygen atoms in total. The second kappa shape index (κ2) is 9.24. The van der Waals surface area contributed by atoms with Crippen LogP contribution in [0.5, 0.6) is 0 Å². The predicted octanol–water partition coefficient (Wildman–Crippen LogP) is 2.17. The van der Waals surface area contributed by atoms with Crippen molar-refractivity contribution >= 4 is 0 Å². The molecule has 3 aromatic rings. The molecule has 5 rings (SSSR count). The predicted molar refractivity (Wildman–Crippen MR) is 125 cm³/mol. The number of aromatic nitrogens is 4. The molecule has 33 heavy (non-hydrogen) atoms. The second-order valence-electron chi connectivity index (χ2n) is 9.21. The Hall–Kier alpha value is -2.75. The van der Waals surface area contributed by atoms with Gasteiger partial charge in [0.05, 0.1) is 37.3 Å². The van der Waals surface area contributed by atoms with Crippen LogP contribution in [-0.2, 0) is 24.1 Å². The number of pyridine rings is 1. The number of piperazine rings is 1. The minimum Gasteiger partial charge on any atom is -0.438 e. The highest BCUT2D eigenvalue weighted by molar-refractivity contribution is 5.57. The van der Waals surface area contributed by atoms with E-state index in [0.29, 0.717) is 30.7 Å². The van der Waals surface area contributed by atoms with Crippen molar-refractivity contribution in [3.05, 3.63) is 51.4 Å². The van der Waals surface area contributed by atoms with Gasteiger partial charge in [0, 0.05) is 56.0 Å². The van der Waals surface area contributed by atoms with Crippen LogP contribution in [0.15, 0.2) is 27.7 Å². The summed E-state index contributed by atoms with van der Waals surface area (Å²) in [6, 6.07) is 2.45. The standard InChI is InChI=1S/C24H32N6O3/c1-16(2)29-8-6-28(7-9-29)15-19-14-26-24(33-19)22-20-4-10-32-11-5-21(20)30(27-22)18-12-17(3)23(31)25-13-18/h12-14,16H,4-11,15H2,1-3H3,(H,25,31). The number of fused-ring (bicyclic) bond motifs is 1. The molecule has 1 fully saturated rings. The van der Waals surface area contributed by atoms with Crippen LogP contribution < -0.4 is 5.56 Å². The van der Waals surface area contributed by atoms with E-state index < -0.39 is 0 Å². The van der Waals surface area contributed by atoms with E-state index in [-0.39, 0.29) is 5.56 Å². The topological polar surface area (TPSA) is 92.4 Å². The molecule has 176 valence electrons. The van der Waals surface area contributed by atoms with Crippen molar-refractivity contribution in [2.75, 3.05) is 39.4 Å². The number of H-pyrrole nitrogens is 1. The molecule has 0 unspecified atom stereocenters. The highest BCUT2D eigenvalue weighted by Gasteiger charge is 2.26. The average Bonchev–Trinajstić information content (AvgIpc) is 3.32.